The molecule has 0 saturated carbocycles. The molecular formula is C15H19N3O6S. The van der Waals surface area contributed by atoms with Crippen LogP contribution in [0, 0.1) is 10.1 Å². The first-order chi connectivity index (χ1) is 11.8. The number of hydrogen-bond donors (Lipinski definition) is 2. The van der Waals surface area contributed by atoms with E-state index in [2.05, 4.69) is 5.32 Å². The van der Waals surface area contributed by atoms with Gasteiger partial charge in [-0.05, 0) is 31.7 Å². The quantitative estimate of drug-likeness (QED) is 0.326. The fraction of sp³-hybridized carbons (Fsp3) is 0.400. The minimum atomic E-state index is -0.895. The third-order valence-corrected chi connectivity index (χ3v) is 3.97. The third kappa shape index (κ3) is 6.42. The smallest absolute Gasteiger partial charge is 0.338 e. The Hall–Kier alpha value is -2.62. The highest BCUT2D eigenvalue weighted by atomic mass is 32.2. The van der Waals surface area contributed by atoms with E-state index < -0.39 is 29.4 Å². The van der Waals surface area contributed by atoms with E-state index in [1.807, 2.05) is 12.2 Å². The van der Waals surface area contributed by atoms with Crippen LogP contribution in [-0.4, -0.2) is 41.7 Å². The highest BCUT2D eigenvalue weighted by Crippen LogP contribution is 2.28. The molecule has 0 fully saturated rings. The van der Waals surface area contributed by atoms with Crippen molar-refractivity contribution in [3.63, 3.8) is 0 Å². The predicted molar refractivity (Wildman–Crippen MR) is 91.6 cm³/mol. The van der Waals surface area contributed by atoms with Crippen LogP contribution in [0.15, 0.2) is 23.1 Å². The maximum absolute atomic E-state index is 11.9. The number of urea groups is 1. The molecule has 0 heterocycles. The maximum atomic E-state index is 11.9. The van der Waals surface area contributed by atoms with E-state index in [4.69, 9.17) is 4.74 Å². The monoisotopic (exact) mass is 369 g/mol. The van der Waals surface area contributed by atoms with E-state index in [9.17, 15) is 24.5 Å². The number of hydrogen-bond acceptors (Lipinski definition) is 7. The number of imide groups is 1. The van der Waals surface area contributed by atoms with Crippen LogP contribution in [0.4, 0.5) is 10.5 Å². The average molecular weight is 369 g/mol. The number of nitrogens with zero attached hydrogens (tertiary/aromatic N) is 1. The van der Waals surface area contributed by atoms with Crippen LogP contribution in [0.25, 0.3) is 0 Å². The molecule has 0 aromatic heterocycles. The van der Waals surface area contributed by atoms with Gasteiger partial charge in [0.2, 0.25) is 0 Å². The number of carbonyl (C=O) groups excluding carboxylic acids is 3. The summed E-state index contributed by atoms with van der Waals surface area (Å²) < 4.78 is 4.77. The molecule has 2 N–H and O–H groups in total. The summed E-state index contributed by atoms with van der Waals surface area (Å²) in [7, 11) is 0. The molecule has 136 valence electrons. The van der Waals surface area contributed by atoms with E-state index >= 15 is 0 Å². The van der Waals surface area contributed by atoms with Crippen LogP contribution < -0.4 is 10.6 Å². The van der Waals surface area contributed by atoms with Crippen molar-refractivity contribution in [1.82, 2.24) is 10.6 Å². The Morgan fingerprint density at radius 1 is 1.36 bits per heavy atom. The van der Waals surface area contributed by atoms with Crippen molar-refractivity contribution in [2.24, 2.45) is 0 Å². The van der Waals surface area contributed by atoms with Gasteiger partial charge in [-0.25, -0.2) is 9.59 Å². The molecule has 0 aliphatic carbocycles. The molecule has 1 aromatic carbocycles. The molecule has 0 radical (unpaired) electrons. The van der Waals surface area contributed by atoms with Crippen molar-refractivity contribution in [2.75, 3.05) is 12.9 Å². The Bertz CT molecular complexity index is 679. The number of nitro groups is 1. The number of nitrogens with one attached hydrogen (secondary N) is 2. The first-order valence-corrected chi connectivity index (χ1v) is 8.60. The summed E-state index contributed by atoms with van der Waals surface area (Å²) in [4.78, 5) is 45.7. The van der Waals surface area contributed by atoms with Crippen molar-refractivity contribution >= 4 is 35.4 Å². The van der Waals surface area contributed by atoms with Crippen molar-refractivity contribution in [1.29, 1.82) is 0 Å². The Kier molecular flexibility index (Phi) is 7.86. The van der Waals surface area contributed by atoms with Crippen molar-refractivity contribution in [3.8, 4) is 0 Å². The number of amides is 3. The number of thioether (sulfide) groups is 1. The van der Waals surface area contributed by atoms with Gasteiger partial charge in [0.05, 0.1) is 15.4 Å². The van der Waals surface area contributed by atoms with Crippen LogP contribution in [0.1, 0.15) is 30.6 Å². The number of benzene rings is 1. The van der Waals surface area contributed by atoms with Crippen LogP contribution in [-0.2, 0) is 9.53 Å². The van der Waals surface area contributed by atoms with Gasteiger partial charge in [-0.3, -0.25) is 20.2 Å². The van der Waals surface area contributed by atoms with Crippen molar-refractivity contribution < 1.29 is 24.0 Å². The van der Waals surface area contributed by atoms with Crippen molar-refractivity contribution in [2.45, 2.75) is 31.2 Å². The Morgan fingerprint density at radius 3 is 2.60 bits per heavy atom. The van der Waals surface area contributed by atoms with Gasteiger partial charge in [-0.1, -0.05) is 6.92 Å². The highest BCUT2D eigenvalue weighted by Gasteiger charge is 2.19. The second-order valence-corrected chi connectivity index (χ2v) is 5.90. The van der Waals surface area contributed by atoms with Gasteiger partial charge in [0.25, 0.3) is 11.6 Å². The molecule has 1 aromatic rings. The Morgan fingerprint density at radius 2 is 2.04 bits per heavy atom. The van der Waals surface area contributed by atoms with E-state index in [0.717, 1.165) is 6.07 Å². The zero-order valence-electron chi connectivity index (χ0n) is 14.0. The molecule has 10 heteroatoms. The molecule has 3 amide bonds. The molecule has 1 rings (SSSR count). The van der Waals surface area contributed by atoms with E-state index in [0.29, 0.717) is 11.3 Å². The van der Waals surface area contributed by atoms with Gasteiger partial charge >= 0.3 is 12.0 Å². The molecule has 0 spiro atoms. The molecule has 1 atom stereocenters. The Balaban J connectivity index is 2.62. The minimum absolute atomic E-state index is 0.0543. The lowest BCUT2D eigenvalue weighted by atomic mass is 10.2. The first-order valence-electron chi connectivity index (χ1n) is 7.38. The molecule has 25 heavy (non-hydrogen) atoms. The van der Waals surface area contributed by atoms with E-state index in [1.54, 1.807) is 13.2 Å². The van der Waals surface area contributed by atoms with Crippen molar-refractivity contribution in [3.05, 3.63) is 33.9 Å². The summed E-state index contributed by atoms with van der Waals surface area (Å²) in [5, 5.41) is 15.5. The van der Waals surface area contributed by atoms with E-state index in [-0.39, 0.29) is 17.3 Å². The second kappa shape index (κ2) is 9.62. The normalized spacial score (nSPS) is 11.3. The van der Waals surface area contributed by atoms with Gasteiger partial charge in [0.15, 0.2) is 6.61 Å². The number of nitro benzene ring substituents is 1. The maximum Gasteiger partial charge on any atom is 0.338 e. The number of rotatable bonds is 7. The molecule has 0 saturated heterocycles. The lowest BCUT2D eigenvalue weighted by Gasteiger charge is -2.11. The zero-order valence-corrected chi connectivity index (χ0v) is 14.8. The molecule has 0 bridgehead atoms. The number of ether oxygens (including phenoxy) is 1. The van der Waals surface area contributed by atoms with Crippen LogP contribution >= 0.6 is 11.8 Å². The molecule has 0 aliphatic rings. The zero-order chi connectivity index (χ0) is 19.0. The number of esters is 1. The standard InChI is InChI=1S/C15H19N3O6S/c1-4-9(2)16-15(21)17-13(19)8-24-14(20)10-5-6-12(25-3)11(7-10)18(22)23/h5-7,9H,4,8H2,1-3H3,(H2,16,17,19,21)/t9-/m1/s1. The summed E-state index contributed by atoms with van der Waals surface area (Å²) in [5.74, 6) is -1.70. The highest BCUT2D eigenvalue weighted by molar-refractivity contribution is 7.98. The lowest BCUT2D eigenvalue weighted by Crippen LogP contribution is -2.44. The third-order valence-electron chi connectivity index (χ3n) is 3.19. The summed E-state index contributed by atoms with van der Waals surface area (Å²) in [6.07, 6.45) is 2.37. The largest absolute Gasteiger partial charge is 0.452 e. The average Bonchev–Trinajstić information content (AvgIpc) is 2.58. The topological polar surface area (TPSA) is 128 Å². The van der Waals surface area contributed by atoms with Gasteiger partial charge in [-0.15, -0.1) is 11.8 Å². The minimum Gasteiger partial charge on any atom is -0.452 e. The molecule has 0 unspecified atom stereocenters. The first kappa shape index (κ1) is 20.4. The summed E-state index contributed by atoms with van der Waals surface area (Å²) in [5.41, 5.74) is -0.277. The molecule has 0 aliphatic heterocycles. The SMILES string of the molecule is CC[C@@H](C)NC(=O)NC(=O)COC(=O)c1ccc(SC)c([N+](=O)[O-])c1. The fourth-order valence-electron chi connectivity index (χ4n) is 1.70. The van der Waals surface area contributed by atoms with Gasteiger partial charge in [0.1, 0.15) is 0 Å². The van der Waals surface area contributed by atoms with E-state index in [1.165, 1.54) is 23.9 Å². The van der Waals surface area contributed by atoms with Crippen LogP contribution in [0.3, 0.4) is 0 Å². The summed E-state index contributed by atoms with van der Waals surface area (Å²) >= 11 is 1.17. The Labute approximate surface area is 148 Å². The predicted octanol–water partition coefficient (Wildman–Crippen LogP) is 2.10. The lowest BCUT2D eigenvalue weighted by molar-refractivity contribution is -0.387. The summed E-state index contributed by atoms with van der Waals surface area (Å²) in [6.45, 7) is 2.97. The number of carbonyl (C=O) groups is 3. The molecular weight excluding hydrogens is 350 g/mol. The van der Waals surface area contributed by atoms with Gasteiger partial charge in [-0.2, -0.15) is 0 Å². The second-order valence-electron chi connectivity index (χ2n) is 5.05. The summed E-state index contributed by atoms with van der Waals surface area (Å²) in [6, 6.07) is 3.09. The van der Waals surface area contributed by atoms with Crippen LogP contribution in [0.5, 0.6) is 0 Å². The fourth-order valence-corrected chi connectivity index (χ4v) is 2.25. The molecule has 9 nitrogen and oxygen atoms in total. The van der Waals surface area contributed by atoms with Crippen LogP contribution in [0.2, 0.25) is 0 Å². The van der Waals surface area contributed by atoms with Gasteiger partial charge in [0, 0.05) is 12.1 Å². The van der Waals surface area contributed by atoms with Gasteiger partial charge < -0.3 is 10.1 Å².